The van der Waals surface area contributed by atoms with Gasteiger partial charge in [0.1, 0.15) is 0 Å². The third-order valence-electron chi connectivity index (χ3n) is 6.26. The molecule has 0 radical (unpaired) electrons. The van der Waals surface area contributed by atoms with Gasteiger partial charge >= 0.3 is 5.97 Å². The maximum Gasteiger partial charge on any atom is 0.314 e. The third kappa shape index (κ3) is 4.51. The average Bonchev–Trinajstić information content (AvgIpc) is 2.82. The normalized spacial score (nSPS) is 18.3. The molecule has 0 N–H and O–H groups in total. The van der Waals surface area contributed by atoms with Crippen molar-refractivity contribution < 1.29 is 44.7 Å². The minimum absolute atomic E-state index is 0.356. The van der Waals surface area contributed by atoms with E-state index in [-0.39, 0.29) is 0 Å². The lowest BCUT2D eigenvalue weighted by Crippen LogP contribution is -2.26. The van der Waals surface area contributed by atoms with Crippen LogP contribution >= 0.6 is 0 Å². The molecule has 2 aromatic carbocycles. The maximum atomic E-state index is 14.7. The second kappa shape index (κ2) is 10.3. The zero-order chi connectivity index (χ0) is 25.3. The van der Waals surface area contributed by atoms with E-state index in [4.69, 9.17) is 0 Å². The molecule has 2 aromatic rings. The van der Waals surface area contributed by atoms with Crippen LogP contribution in [0.4, 0.5) is 35.1 Å². The number of halogens is 8. The molecule has 1 fully saturated rings. The van der Waals surface area contributed by atoms with Gasteiger partial charge in [-0.25, -0.2) is 26.3 Å². The second-order valence-electron chi connectivity index (χ2n) is 8.35. The van der Waals surface area contributed by atoms with Crippen LogP contribution in [0.25, 0.3) is 11.1 Å². The van der Waals surface area contributed by atoms with Crippen LogP contribution in [0.2, 0.25) is 0 Å². The summed E-state index contributed by atoms with van der Waals surface area (Å²) in [4.78, 5) is 12.4. The van der Waals surface area contributed by atoms with Crippen molar-refractivity contribution in [1.29, 1.82) is 0 Å². The van der Waals surface area contributed by atoms with E-state index in [2.05, 4.69) is 4.74 Å². The van der Waals surface area contributed by atoms with Crippen LogP contribution in [0.5, 0.6) is 5.75 Å². The van der Waals surface area contributed by atoms with Crippen LogP contribution in [0.15, 0.2) is 0 Å². The molecular weight excluding hydrogens is 472 g/mol. The lowest BCUT2D eigenvalue weighted by Gasteiger charge is -2.27. The van der Waals surface area contributed by atoms with E-state index in [0.29, 0.717) is 31.6 Å². The van der Waals surface area contributed by atoms with Gasteiger partial charge < -0.3 is 4.74 Å². The van der Waals surface area contributed by atoms with Gasteiger partial charge in [-0.3, -0.25) is 4.79 Å². The number of carbonyl (C=O) groups excluding carboxylic acids is 1. The molecule has 3 rings (SSSR count). The van der Waals surface area contributed by atoms with Crippen molar-refractivity contribution in [2.75, 3.05) is 0 Å². The number of benzene rings is 2. The molecule has 0 bridgehead atoms. The monoisotopic (exact) mass is 494 g/mol. The first kappa shape index (κ1) is 26.0. The summed E-state index contributed by atoms with van der Waals surface area (Å²) in [5, 5.41) is 0. The topological polar surface area (TPSA) is 26.3 Å². The summed E-state index contributed by atoms with van der Waals surface area (Å²) in [7, 11) is 0. The first-order valence-electron chi connectivity index (χ1n) is 11.0. The van der Waals surface area contributed by atoms with E-state index < -0.39 is 87.3 Å². The number of esters is 1. The SMILES string of the molecule is CCCC1CCC(C(=O)Oc2c(F)c(F)c(-c3c(F)c(F)c(CC)c(F)c3F)c(F)c2F)CC1. The largest absolute Gasteiger partial charge is 0.420 e. The van der Waals surface area contributed by atoms with Gasteiger partial charge in [-0.1, -0.05) is 26.7 Å². The lowest BCUT2D eigenvalue weighted by molar-refractivity contribution is -0.140. The Morgan fingerprint density at radius 3 is 1.56 bits per heavy atom. The van der Waals surface area contributed by atoms with Gasteiger partial charge in [-0.2, -0.15) is 8.78 Å². The summed E-state index contributed by atoms with van der Waals surface area (Å²) in [6.07, 6.45) is 3.46. The molecule has 1 aliphatic carbocycles. The summed E-state index contributed by atoms with van der Waals surface area (Å²) < 4.78 is 120. The molecule has 0 unspecified atom stereocenters. The number of ether oxygens (including phenoxy) is 1. The fraction of sp³-hybridized carbons (Fsp3) is 0.458. The summed E-state index contributed by atoms with van der Waals surface area (Å²) in [6, 6.07) is 0. The molecule has 1 aliphatic rings. The molecule has 1 saturated carbocycles. The number of carbonyl (C=O) groups is 1. The van der Waals surface area contributed by atoms with E-state index in [9.17, 15) is 39.9 Å². The Morgan fingerprint density at radius 1 is 0.706 bits per heavy atom. The highest BCUT2D eigenvalue weighted by Crippen LogP contribution is 2.41. The highest BCUT2D eigenvalue weighted by Gasteiger charge is 2.36. The van der Waals surface area contributed by atoms with Crippen molar-refractivity contribution >= 4 is 5.97 Å². The molecule has 186 valence electrons. The highest BCUT2D eigenvalue weighted by molar-refractivity contribution is 5.76. The molecule has 10 heteroatoms. The molecule has 0 aromatic heterocycles. The summed E-state index contributed by atoms with van der Waals surface area (Å²) in [6.45, 7) is 3.18. The Bertz CT molecular complexity index is 1050. The molecule has 0 saturated heterocycles. The predicted molar refractivity (Wildman–Crippen MR) is 107 cm³/mol. The number of rotatable bonds is 6. The van der Waals surface area contributed by atoms with Crippen LogP contribution in [0.1, 0.15) is 57.9 Å². The van der Waals surface area contributed by atoms with Crippen molar-refractivity contribution in [2.24, 2.45) is 11.8 Å². The average molecular weight is 494 g/mol. The summed E-state index contributed by atoms with van der Waals surface area (Å²) in [5.74, 6) is -20.8. The fourth-order valence-electron chi connectivity index (χ4n) is 4.41. The van der Waals surface area contributed by atoms with Gasteiger partial charge in [-0.05, 0) is 38.0 Å². The van der Waals surface area contributed by atoms with Crippen LogP contribution in [-0.4, -0.2) is 5.97 Å². The highest BCUT2D eigenvalue weighted by atomic mass is 19.2. The van der Waals surface area contributed by atoms with E-state index in [1.807, 2.05) is 6.92 Å². The van der Waals surface area contributed by atoms with Crippen molar-refractivity contribution in [3.8, 4) is 16.9 Å². The standard InChI is InChI=1S/C24H22F8O2/c1-3-5-10-6-8-11(9-7-10)24(33)34-23-21(31)19(29)14(20(30)22(23)32)13-17(27)15(25)12(4-2)16(26)18(13)28/h10-11H,3-9H2,1-2H3. The Balaban J connectivity index is 2.00. The van der Waals surface area contributed by atoms with Gasteiger partial charge in [0.05, 0.1) is 17.0 Å². The zero-order valence-electron chi connectivity index (χ0n) is 18.4. The van der Waals surface area contributed by atoms with Gasteiger partial charge in [0.2, 0.25) is 17.4 Å². The van der Waals surface area contributed by atoms with E-state index in [1.165, 1.54) is 6.92 Å². The van der Waals surface area contributed by atoms with Crippen molar-refractivity contribution in [3.05, 3.63) is 52.1 Å². The minimum Gasteiger partial charge on any atom is -0.420 e. The van der Waals surface area contributed by atoms with Gasteiger partial charge in [0.15, 0.2) is 34.9 Å². The molecule has 0 heterocycles. The second-order valence-corrected chi connectivity index (χ2v) is 8.35. The first-order valence-corrected chi connectivity index (χ1v) is 11.0. The molecule has 0 aliphatic heterocycles. The van der Waals surface area contributed by atoms with Crippen LogP contribution in [0, 0.1) is 58.4 Å². The van der Waals surface area contributed by atoms with E-state index >= 15 is 0 Å². The van der Waals surface area contributed by atoms with E-state index in [1.54, 1.807) is 0 Å². The van der Waals surface area contributed by atoms with Gasteiger partial charge in [0.25, 0.3) is 0 Å². The molecule has 0 atom stereocenters. The summed E-state index contributed by atoms with van der Waals surface area (Å²) in [5.41, 5.74) is -4.99. The first-order chi connectivity index (χ1) is 16.0. The molecule has 0 spiro atoms. The van der Waals surface area contributed by atoms with Gasteiger partial charge in [-0.15, -0.1) is 0 Å². The number of hydrogen-bond acceptors (Lipinski definition) is 2. The Morgan fingerprint density at radius 2 is 1.15 bits per heavy atom. The summed E-state index contributed by atoms with van der Waals surface area (Å²) >= 11 is 0. The Hall–Kier alpha value is -2.65. The van der Waals surface area contributed by atoms with E-state index in [0.717, 1.165) is 12.8 Å². The van der Waals surface area contributed by atoms with Gasteiger partial charge in [0, 0.05) is 5.56 Å². The minimum atomic E-state index is -2.37. The molecule has 2 nitrogen and oxygen atoms in total. The van der Waals surface area contributed by atoms with Crippen LogP contribution in [0.3, 0.4) is 0 Å². The quantitative estimate of drug-likeness (QED) is 0.180. The molecule has 34 heavy (non-hydrogen) atoms. The predicted octanol–water partition coefficient (Wildman–Crippen LogP) is 7.54. The third-order valence-corrected chi connectivity index (χ3v) is 6.26. The molecule has 0 amide bonds. The lowest BCUT2D eigenvalue weighted by atomic mass is 9.80. The van der Waals surface area contributed by atoms with Crippen LogP contribution in [-0.2, 0) is 11.2 Å². The van der Waals surface area contributed by atoms with Crippen molar-refractivity contribution in [3.63, 3.8) is 0 Å². The van der Waals surface area contributed by atoms with Crippen LogP contribution < -0.4 is 4.74 Å². The Labute approximate surface area is 190 Å². The Kier molecular flexibility index (Phi) is 7.88. The maximum absolute atomic E-state index is 14.7. The fourth-order valence-corrected chi connectivity index (χ4v) is 4.41. The molecular formula is C24H22F8O2. The van der Waals surface area contributed by atoms with Crippen molar-refractivity contribution in [2.45, 2.75) is 58.8 Å². The van der Waals surface area contributed by atoms with Crippen molar-refractivity contribution in [1.82, 2.24) is 0 Å². The smallest absolute Gasteiger partial charge is 0.314 e. The zero-order valence-corrected chi connectivity index (χ0v) is 18.4. The number of hydrogen-bond donors (Lipinski definition) is 0.